The van der Waals surface area contributed by atoms with Crippen molar-refractivity contribution in [2.24, 2.45) is 10.7 Å². The largest absolute Gasteiger partial charge is 0.369 e. The van der Waals surface area contributed by atoms with Crippen molar-refractivity contribution in [3.8, 4) is 0 Å². The van der Waals surface area contributed by atoms with Gasteiger partial charge in [-0.15, -0.1) is 0 Å². The van der Waals surface area contributed by atoms with Crippen molar-refractivity contribution in [1.82, 2.24) is 0 Å². The molecule has 5 nitrogen and oxygen atoms in total. The van der Waals surface area contributed by atoms with Crippen molar-refractivity contribution in [2.45, 2.75) is 12.8 Å². The summed E-state index contributed by atoms with van der Waals surface area (Å²) in [5.41, 5.74) is 11.1. The fourth-order valence-electron chi connectivity index (χ4n) is 4.75. The highest BCUT2D eigenvalue weighted by Crippen LogP contribution is 2.38. The van der Waals surface area contributed by atoms with Crippen molar-refractivity contribution >= 4 is 50.4 Å². The van der Waals surface area contributed by atoms with E-state index in [0.717, 1.165) is 49.5 Å². The molecule has 144 valence electrons. The number of nitrogens with zero attached hydrogens (tertiary/aromatic N) is 1. The number of benzene rings is 4. The first-order valence-electron chi connectivity index (χ1n) is 9.87. The van der Waals surface area contributed by atoms with Crippen LogP contribution in [0.3, 0.4) is 0 Å². The third-order valence-electron chi connectivity index (χ3n) is 6.06. The lowest BCUT2D eigenvalue weighted by molar-refractivity contribution is 0.0991. The smallest absolute Gasteiger partial charge is 0.198 e. The van der Waals surface area contributed by atoms with E-state index >= 15 is 0 Å². The summed E-state index contributed by atoms with van der Waals surface area (Å²) in [5.74, 6) is 0.461. The van der Waals surface area contributed by atoms with Crippen molar-refractivity contribution in [3.63, 3.8) is 0 Å². The van der Waals surface area contributed by atoms with Crippen molar-refractivity contribution in [3.05, 3.63) is 82.9 Å². The van der Waals surface area contributed by atoms with Gasteiger partial charge < -0.3 is 11.1 Å². The Kier molecular flexibility index (Phi) is 3.39. The first-order chi connectivity index (χ1) is 14.6. The predicted octanol–water partition coefficient (Wildman–Crippen LogP) is 4.53. The normalized spacial score (nSPS) is 14.9. The van der Waals surface area contributed by atoms with Gasteiger partial charge in [-0.2, -0.15) is 0 Å². The summed E-state index contributed by atoms with van der Waals surface area (Å²) in [7, 11) is 0. The minimum absolute atomic E-state index is 0.110. The molecule has 4 aromatic carbocycles. The molecule has 0 amide bonds. The summed E-state index contributed by atoms with van der Waals surface area (Å²) < 4.78 is 0. The number of Topliss-reactive ketones (excluding diaryl/α,β-unsaturated/α-hetero) is 2. The van der Waals surface area contributed by atoms with Gasteiger partial charge in [-0.25, -0.2) is 4.99 Å². The molecule has 0 aliphatic heterocycles. The third-order valence-corrected chi connectivity index (χ3v) is 6.06. The topological polar surface area (TPSA) is 84.5 Å². The Morgan fingerprint density at radius 2 is 1.37 bits per heavy atom. The molecule has 6 rings (SSSR count). The van der Waals surface area contributed by atoms with E-state index in [1.54, 1.807) is 0 Å². The van der Waals surface area contributed by atoms with E-state index in [0.29, 0.717) is 18.5 Å². The number of anilines is 1. The van der Waals surface area contributed by atoms with E-state index in [2.05, 4.69) is 10.3 Å². The molecule has 0 saturated carbocycles. The van der Waals surface area contributed by atoms with E-state index in [-0.39, 0.29) is 17.5 Å². The molecule has 2 aliphatic rings. The van der Waals surface area contributed by atoms with Gasteiger partial charge in [-0.05, 0) is 44.8 Å². The van der Waals surface area contributed by atoms with Gasteiger partial charge in [0.05, 0.1) is 5.69 Å². The van der Waals surface area contributed by atoms with E-state index < -0.39 is 0 Å². The monoisotopic (exact) mass is 391 g/mol. The van der Waals surface area contributed by atoms with Crippen LogP contribution < -0.4 is 11.1 Å². The van der Waals surface area contributed by atoms with Crippen LogP contribution in [0.25, 0.3) is 21.5 Å². The molecule has 0 heterocycles. The number of hydrogen-bond donors (Lipinski definition) is 2. The lowest BCUT2D eigenvalue weighted by Crippen LogP contribution is -2.22. The Morgan fingerprint density at radius 1 is 0.767 bits per heavy atom. The summed E-state index contributed by atoms with van der Waals surface area (Å²) in [6.07, 6.45) is 0.688. The summed E-state index contributed by atoms with van der Waals surface area (Å²) in [5, 5.41) is 7.21. The first-order valence-corrected chi connectivity index (χ1v) is 9.87. The summed E-state index contributed by atoms with van der Waals surface area (Å²) in [6.45, 7) is 0. The zero-order valence-electron chi connectivity index (χ0n) is 16.0. The Morgan fingerprint density at radius 3 is 2.07 bits per heavy atom. The second-order valence-corrected chi connectivity index (χ2v) is 7.78. The van der Waals surface area contributed by atoms with Gasteiger partial charge in [0.25, 0.3) is 0 Å². The maximum atomic E-state index is 12.4. The van der Waals surface area contributed by atoms with Crippen LogP contribution in [0.5, 0.6) is 0 Å². The van der Waals surface area contributed by atoms with Crippen LogP contribution in [0.15, 0.2) is 65.7 Å². The maximum Gasteiger partial charge on any atom is 0.198 e. The Bertz CT molecular complexity index is 1470. The van der Waals surface area contributed by atoms with Crippen LogP contribution in [0.2, 0.25) is 0 Å². The van der Waals surface area contributed by atoms with Crippen molar-refractivity contribution in [2.75, 3.05) is 5.32 Å². The van der Waals surface area contributed by atoms with Gasteiger partial charge in [-0.3, -0.25) is 9.59 Å². The highest BCUT2D eigenvalue weighted by Gasteiger charge is 2.26. The van der Waals surface area contributed by atoms with Crippen LogP contribution in [0.4, 0.5) is 11.4 Å². The highest BCUT2D eigenvalue weighted by atomic mass is 16.1. The standard InChI is InChI=1S/C25H17N3O2/c26-25(27-19-9-7-13-3-1-5-15-21(29)11-17(19)23(13)15)28-20-10-8-14-4-2-6-16-22(30)12-18(20)24(14)16/h1-10H,11-12H2,(H3,26,27,28). The first kappa shape index (κ1) is 16.9. The Hall–Kier alpha value is -3.99. The molecule has 0 radical (unpaired) electrons. The van der Waals surface area contributed by atoms with Gasteiger partial charge in [-0.1, -0.05) is 48.5 Å². The second-order valence-electron chi connectivity index (χ2n) is 7.78. The number of nitrogens with one attached hydrogen (secondary N) is 1. The minimum atomic E-state index is 0.110. The summed E-state index contributed by atoms with van der Waals surface area (Å²) in [6, 6.07) is 19.3. The van der Waals surface area contributed by atoms with Crippen LogP contribution in [-0.4, -0.2) is 17.5 Å². The van der Waals surface area contributed by atoms with Gasteiger partial charge >= 0.3 is 0 Å². The number of rotatable bonds is 2. The molecule has 0 fully saturated rings. The van der Waals surface area contributed by atoms with Gasteiger partial charge in [0, 0.05) is 29.7 Å². The van der Waals surface area contributed by atoms with E-state index in [9.17, 15) is 9.59 Å². The summed E-state index contributed by atoms with van der Waals surface area (Å²) >= 11 is 0. The number of hydrogen-bond acceptors (Lipinski definition) is 3. The molecule has 0 saturated heterocycles. The molecular formula is C25H17N3O2. The minimum Gasteiger partial charge on any atom is -0.369 e. The van der Waals surface area contributed by atoms with E-state index in [1.807, 2.05) is 60.7 Å². The van der Waals surface area contributed by atoms with Crippen LogP contribution >= 0.6 is 0 Å². The quantitative estimate of drug-likeness (QED) is 0.388. The zero-order chi connectivity index (χ0) is 20.4. The number of carbonyl (C=O) groups is 2. The Labute approximate surface area is 172 Å². The average molecular weight is 391 g/mol. The molecule has 0 spiro atoms. The number of ketones is 2. The molecular weight excluding hydrogens is 374 g/mol. The molecule has 0 atom stereocenters. The number of guanidine groups is 1. The molecule has 2 aliphatic carbocycles. The SMILES string of the molecule is NC(=Nc1ccc2cccc3c2c1CC3=O)Nc1ccc2cccc3c2c1CC3=O. The molecule has 0 bridgehead atoms. The molecule has 0 aromatic heterocycles. The molecule has 3 N–H and O–H groups in total. The fourth-order valence-corrected chi connectivity index (χ4v) is 4.75. The van der Waals surface area contributed by atoms with Crippen LogP contribution in [0.1, 0.15) is 31.8 Å². The van der Waals surface area contributed by atoms with Gasteiger partial charge in [0.1, 0.15) is 0 Å². The highest BCUT2D eigenvalue weighted by molar-refractivity contribution is 6.19. The van der Waals surface area contributed by atoms with Crippen molar-refractivity contribution in [1.29, 1.82) is 0 Å². The lowest BCUT2D eigenvalue weighted by atomic mass is 10.0. The summed E-state index contributed by atoms with van der Waals surface area (Å²) in [4.78, 5) is 29.4. The molecule has 30 heavy (non-hydrogen) atoms. The molecule has 5 heteroatoms. The van der Waals surface area contributed by atoms with Crippen LogP contribution in [0, 0.1) is 0 Å². The number of carbonyl (C=O) groups excluding carboxylic acids is 2. The zero-order valence-corrected chi connectivity index (χ0v) is 16.0. The molecule has 4 aromatic rings. The lowest BCUT2D eigenvalue weighted by Gasteiger charge is -2.12. The third kappa shape index (κ3) is 2.32. The molecule has 0 unspecified atom stereocenters. The average Bonchev–Trinajstić information content (AvgIpc) is 3.27. The van der Waals surface area contributed by atoms with Crippen molar-refractivity contribution < 1.29 is 9.59 Å². The maximum absolute atomic E-state index is 12.4. The Balaban J connectivity index is 1.42. The number of aliphatic imine (C=N–C) groups is 1. The van der Waals surface area contributed by atoms with E-state index in [1.165, 1.54) is 0 Å². The van der Waals surface area contributed by atoms with Gasteiger partial charge in [0.15, 0.2) is 17.5 Å². The fraction of sp³-hybridized carbons (Fsp3) is 0.0800. The number of nitrogens with two attached hydrogens (primary N) is 1. The second kappa shape index (κ2) is 6.00. The van der Waals surface area contributed by atoms with E-state index in [4.69, 9.17) is 5.73 Å². The van der Waals surface area contributed by atoms with Gasteiger partial charge in [0.2, 0.25) is 0 Å². The van der Waals surface area contributed by atoms with Crippen LogP contribution in [-0.2, 0) is 12.8 Å². The predicted molar refractivity (Wildman–Crippen MR) is 119 cm³/mol.